The molecule has 1 rings (SSSR count). The van der Waals surface area contributed by atoms with Crippen molar-refractivity contribution in [2.45, 2.75) is 27.7 Å². The summed E-state index contributed by atoms with van der Waals surface area (Å²) in [5.74, 6) is 1.93. The highest BCUT2D eigenvalue weighted by Gasteiger charge is 2.14. The molecule has 0 aliphatic heterocycles. The minimum atomic E-state index is 0.492. The van der Waals surface area contributed by atoms with Gasteiger partial charge >= 0.3 is 0 Å². The van der Waals surface area contributed by atoms with E-state index >= 15 is 0 Å². The van der Waals surface area contributed by atoms with E-state index in [0.29, 0.717) is 22.7 Å². The number of nitrogen functional groups attached to an aromatic ring is 1. The molecule has 0 unspecified atom stereocenters. The molecule has 0 aromatic carbocycles. The van der Waals surface area contributed by atoms with Crippen molar-refractivity contribution >= 4 is 23.1 Å². The number of hydrogen-bond donors (Lipinski definition) is 1. The van der Waals surface area contributed by atoms with Crippen molar-refractivity contribution in [3.8, 4) is 0 Å². The van der Waals surface area contributed by atoms with E-state index in [0.717, 1.165) is 18.9 Å². The maximum atomic E-state index is 5.98. The highest BCUT2D eigenvalue weighted by molar-refractivity contribution is 6.29. The number of rotatable bonds is 5. The van der Waals surface area contributed by atoms with Crippen molar-refractivity contribution in [3.05, 3.63) is 17.3 Å². The first-order chi connectivity index (χ1) is 7.90. The van der Waals surface area contributed by atoms with Gasteiger partial charge in [-0.3, -0.25) is 0 Å². The summed E-state index contributed by atoms with van der Waals surface area (Å²) in [4.78, 5) is 6.56. The average molecular weight is 256 g/mol. The third-order valence-corrected chi connectivity index (χ3v) is 2.55. The molecular formula is C13H22ClN3. The van der Waals surface area contributed by atoms with Gasteiger partial charge in [0.1, 0.15) is 5.15 Å². The molecule has 4 heteroatoms. The number of pyridine rings is 1. The molecule has 0 fully saturated rings. The molecule has 3 nitrogen and oxygen atoms in total. The molecule has 0 aliphatic carbocycles. The van der Waals surface area contributed by atoms with E-state index in [4.69, 9.17) is 17.3 Å². The lowest BCUT2D eigenvalue weighted by Gasteiger charge is -2.28. The summed E-state index contributed by atoms with van der Waals surface area (Å²) >= 11 is 5.94. The van der Waals surface area contributed by atoms with Gasteiger partial charge in [0.25, 0.3) is 0 Å². The van der Waals surface area contributed by atoms with Gasteiger partial charge in [-0.05, 0) is 24.0 Å². The molecule has 0 saturated carbocycles. The van der Waals surface area contributed by atoms with Crippen LogP contribution < -0.4 is 10.6 Å². The fourth-order valence-electron chi connectivity index (χ4n) is 1.82. The number of aromatic nitrogens is 1. The van der Waals surface area contributed by atoms with Crippen LogP contribution in [0.1, 0.15) is 27.7 Å². The number of hydrogen-bond acceptors (Lipinski definition) is 3. The van der Waals surface area contributed by atoms with E-state index in [-0.39, 0.29) is 0 Å². The van der Waals surface area contributed by atoms with Crippen molar-refractivity contribution in [2.24, 2.45) is 11.8 Å². The molecule has 0 atom stereocenters. The molecule has 96 valence electrons. The van der Waals surface area contributed by atoms with Gasteiger partial charge in [0.15, 0.2) is 5.82 Å². The average Bonchev–Trinajstić information content (AvgIpc) is 2.19. The standard InChI is InChI=1S/C13H22ClN3/c1-9(2)7-17(8-10(3)4)13-11(15)5-6-12(14)16-13/h5-6,9-10H,7-8,15H2,1-4H3. The molecule has 1 aromatic rings. The van der Waals surface area contributed by atoms with Crippen molar-refractivity contribution in [2.75, 3.05) is 23.7 Å². The van der Waals surface area contributed by atoms with Gasteiger partial charge in [-0.15, -0.1) is 0 Å². The van der Waals surface area contributed by atoms with Gasteiger partial charge in [0, 0.05) is 13.1 Å². The van der Waals surface area contributed by atoms with Gasteiger partial charge in [0.2, 0.25) is 0 Å². The zero-order valence-electron chi connectivity index (χ0n) is 11.1. The first kappa shape index (κ1) is 14.1. The normalized spacial score (nSPS) is 11.2. The Morgan fingerprint density at radius 1 is 1.18 bits per heavy atom. The lowest BCUT2D eigenvalue weighted by Crippen LogP contribution is -2.32. The second-order valence-electron chi connectivity index (χ2n) is 5.24. The van der Waals surface area contributed by atoms with E-state index in [9.17, 15) is 0 Å². The lowest BCUT2D eigenvalue weighted by molar-refractivity contribution is 0.549. The van der Waals surface area contributed by atoms with E-state index in [1.807, 2.05) is 6.07 Å². The number of nitrogens with zero attached hydrogens (tertiary/aromatic N) is 2. The van der Waals surface area contributed by atoms with Gasteiger partial charge in [-0.25, -0.2) is 4.98 Å². The highest BCUT2D eigenvalue weighted by Crippen LogP contribution is 2.24. The van der Waals surface area contributed by atoms with Crippen LogP contribution in [-0.4, -0.2) is 18.1 Å². The molecule has 0 spiro atoms. The lowest BCUT2D eigenvalue weighted by atomic mass is 10.1. The second kappa shape index (κ2) is 6.10. The Morgan fingerprint density at radius 2 is 1.71 bits per heavy atom. The Hall–Kier alpha value is -0.960. The van der Waals surface area contributed by atoms with E-state index < -0.39 is 0 Å². The molecule has 0 amide bonds. The summed E-state index contributed by atoms with van der Waals surface area (Å²) in [6.45, 7) is 10.6. The molecule has 0 radical (unpaired) electrons. The zero-order chi connectivity index (χ0) is 13.0. The minimum Gasteiger partial charge on any atom is -0.396 e. The topological polar surface area (TPSA) is 42.2 Å². The van der Waals surface area contributed by atoms with Crippen LogP contribution in [0.5, 0.6) is 0 Å². The monoisotopic (exact) mass is 255 g/mol. The Morgan fingerprint density at radius 3 is 2.18 bits per heavy atom. The third kappa shape index (κ3) is 4.43. The fraction of sp³-hybridized carbons (Fsp3) is 0.615. The van der Waals surface area contributed by atoms with E-state index in [2.05, 4.69) is 37.6 Å². The largest absolute Gasteiger partial charge is 0.396 e. The van der Waals surface area contributed by atoms with Crippen molar-refractivity contribution in [1.82, 2.24) is 4.98 Å². The van der Waals surface area contributed by atoms with Crippen LogP contribution in [0.25, 0.3) is 0 Å². The van der Waals surface area contributed by atoms with Crippen LogP contribution >= 0.6 is 11.6 Å². The first-order valence-corrected chi connectivity index (χ1v) is 6.45. The van der Waals surface area contributed by atoms with Gasteiger partial charge in [-0.2, -0.15) is 0 Å². The van der Waals surface area contributed by atoms with E-state index in [1.165, 1.54) is 0 Å². The van der Waals surface area contributed by atoms with Crippen molar-refractivity contribution in [1.29, 1.82) is 0 Å². The van der Waals surface area contributed by atoms with E-state index in [1.54, 1.807) is 6.07 Å². The number of halogens is 1. The summed E-state index contributed by atoms with van der Waals surface area (Å²) in [5.41, 5.74) is 6.67. The summed E-state index contributed by atoms with van der Waals surface area (Å²) in [5, 5.41) is 0.492. The minimum absolute atomic E-state index is 0.492. The Balaban J connectivity index is 2.98. The molecule has 0 aliphatic rings. The van der Waals surface area contributed by atoms with Gasteiger partial charge in [0.05, 0.1) is 5.69 Å². The smallest absolute Gasteiger partial charge is 0.153 e. The van der Waals surface area contributed by atoms with Crippen LogP contribution in [-0.2, 0) is 0 Å². The van der Waals surface area contributed by atoms with Gasteiger partial charge < -0.3 is 10.6 Å². The molecule has 2 N–H and O–H groups in total. The second-order valence-corrected chi connectivity index (χ2v) is 5.63. The fourth-order valence-corrected chi connectivity index (χ4v) is 1.96. The van der Waals surface area contributed by atoms with Crippen LogP contribution in [0.3, 0.4) is 0 Å². The summed E-state index contributed by atoms with van der Waals surface area (Å²) < 4.78 is 0. The zero-order valence-corrected chi connectivity index (χ0v) is 11.8. The van der Waals surface area contributed by atoms with Crippen LogP contribution in [0.4, 0.5) is 11.5 Å². The van der Waals surface area contributed by atoms with Gasteiger partial charge in [-0.1, -0.05) is 39.3 Å². The maximum absolute atomic E-state index is 5.98. The highest BCUT2D eigenvalue weighted by atomic mass is 35.5. The van der Waals surface area contributed by atoms with Crippen molar-refractivity contribution < 1.29 is 0 Å². The third-order valence-electron chi connectivity index (χ3n) is 2.34. The maximum Gasteiger partial charge on any atom is 0.153 e. The van der Waals surface area contributed by atoms with Crippen LogP contribution in [0.15, 0.2) is 12.1 Å². The number of nitrogens with two attached hydrogens (primary N) is 1. The molecule has 0 bridgehead atoms. The molecule has 17 heavy (non-hydrogen) atoms. The Kier molecular flexibility index (Phi) is 5.06. The molecule has 1 heterocycles. The quantitative estimate of drug-likeness (QED) is 0.820. The summed E-state index contributed by atoms with van der Waals surface area (Å²) in [6, 6.07) is 3.54. The van der Waals surface area contributed by atoms with Crippen LogP contribution in [0.2, 0.25) is 5.15 Å². The summed E-state index contributed by atoms with van der Waals surface area (Å²) in [7, 11) is 0. The first-order valence-electron chi connectivity index (χ1n) is 6.07. The molecular weight excluding hydrogens is 234 g/mol. The predicted octanol–water partition coefficient (Wildman–Crippen LogP) is 3.44. The Labute approximate surface area is 109 Å². The molecule has 1 aromatic heterocycles. The van der Waals surface area contributed by atoms with Crippen LogP contribution in [0, 0.1) is 11.8 Å². The number of anilines is 2. The summed E-state index contributed by atoms with van der Waals surface area (Å²) in [6.07, 6.45) is 0. The SMILES string of the molecule is CC(C)CN(CC(C)C)c1nc(Cl)ccc1N. The van der Waals surface area contributed by atoms with Crippen molar-refractivity contribution in [3.63, 3.8) is 0 Å². The Bertz CT molecular complexity index is 354. The predicted molar refractivity (Wildman–Crippen MR) is 75.5 cm³/mol. The molecule has 0 saturated heterocycles.